The van der Waals surface area contributed by atoms with Crippen molar-refractivity contribution in [1.29, 1.82) is 0 Å². The molecule has 1 unspecified atom stereocenters. The van der Waals surface area contributed by atoms with Crippen LogP contribution in [0.25, 0.3) is 0 Å². The average molecular weight is 190 g/mol. The van der Waals surface area contributed by atoms with Crippen molar-refractivity contribution in [3.8, 4) is 0 Å². The summed E-state index contributed by atoms with van der Waals surface area (Å²) in [4.78, 5) is 3.92. The lowest BCUT2D eigenvalue weighted by atomic mass is 10.5. The zero-order valence-corrected chi connectivity index (χ0v) is 6.88. The molecule has 0 saturated heterocycles. The van der Waals surface area contributed by atoms with Crippen LogP contribution < -0.4 is 5.30 Å². The summed E-state index contributed by atoms with van der Waals surface area (Å²) < 4.78 is 1.02. The first-order valence-corrected chi connectivity index (χ1v) is 3.52. The van der Waals surface area contributed by atoms with Crippen molar-refractivity contribution in [3.05, 3.63) is 22.9 Å². The Morgan fingerprint density at radius 3 is 2.62 bits per heavy atom. The van der Waals surface area contributed by atoms with Gasteiger partial charge in [0.1, 0.15) is 0 Å². The smallest absolute Gasteiger partial charge is 0.0410 e. The fourth-order valence-corrected chi connectivity index (χ4v) is 1.32. The zero-order valence-electron chi connectivity index (χ0n) is 4.13. The summed E-state index contributed by atoms with van der Waals surface area (Å²) in [5, 5.41) is 1.10. The van der Waals surface area contributed by atoms with Gasteiger partial charge in [-0.25, -0.2) is 0 Å². The molecule has 1 aromatic heterocycles. The van der Waals surface area contributed by atoms with Gasteiger partial charge in [0.2, 0.25) is 0 Å². The molecule has 3 heteroatoms. The third kappa shape index (κ3) is 1.53. The van der Waals surface area contributed by atoms with E-state index in [9.17, 15) is 0 Å². The lowest BCUT2D eigenvalue weighted by Gasteiger charge is -1.88. The van der Waals surface area contributed by atoms with Gasteiger partial charge < -0.3 is 0 Å². The summed E-state index contributed by atoms with van der Waals surface area (Å²) in [6.45, 7) is 0. The Morgan fingerprint density at radius 2 is 2.25 bits per heavy atom. The van der Waals surface area contributed by atoms with E-state index in [1.54, 1.807) is 12.4 Å². The Kier molecular flexibility index (Phi) is 1.98. The summed E-state index contributed by atoms with van der Waals surface area (Å²) >= 11 is 3.29. The predicted molar refractivity (Wildman–Crippen MR) is 41.3 cm³/mol. The Bertz CT molecular complexity index is 172. The summed E-state index contributed by atoms with van der Waals surface area (Å²) in [5.74, 6) is 0. The second-order valence-corrected chi connectivity index (χ2v) is 3.02. The maximum atomic E-state index is 3.92. The van der Waals surface area contributed by atoms with E-state index in [0.29, 0.717) is 0 Å². The predicted octanol–water partition coefficient (Wildman–Crippen LogP) is 1.34. The van der Waals surface area contributed by atoms with Crippen molar-refractivity contribution in [1.82, 2.24) is 4.98 Å². The van der Waals surface area contributed by atoms with Gasteiger partial charge in [0.25, 0.3) is 0 Å². The van der Waals surface area contributed by atoms with Gasteiger partial charge >= 0.3 is 0 Å². The standard InChI is InChI=1S/C5H5BrNP/c6-4-1-5(8)3-7-2-4/h1-3H,8H2. The minimum absolute atomic E-state index is 1.02. The second kappa shape index (κ2) is 2.56. The number of aromatic nitrogens is 1. The second-order valence-electron chi connectivity index (χ2n) is 1.44. The van der Waals surface area contributed by atoms with E-state index in [1.165, 1.54) is 0 Å². The molecule has 0 spiro atoms. The molecule has 8 heavy (non-hydrogen) atoms. The van der Waals surface area contributed by atoms with Crippen molar-refractivity contribution in [3.63, 3.8) is 0 Å². The van der Waals surface area contributed by atoms with Crippen molar-refractivity contribution < 1.29 is 0 Å². The Morgan fingerprint density at radius 1 is 1.50 bits per heavy atom. The third-order valence-electron chi connectivity index (χ3n) is 0.726. The molecular formula is C5H5BrNP. The van der Waals surface area contributed by atoms with Crippen LogP contribution in [-0.4, -0.2) is 4.98 Å². The largest absolute Gasteiger partial charge is 0.263 e. The van der Waals surface area contributed by atoms with Crippen LogP contribution >= 0.6 is 25.2 Å². The van der Waals surface area contributed by atoms with Gasteiger partial charge in [-0.2, -0.15) is 0 Å². The highest BCUT2D eigenvalue weighted by Gasteiger charge is 1.83. The van der Waals surface area contributed by atoms with Crippen LogP contribution in [0.2, 0.25) is 0 Å². The molecule has 1 nitrogen and oxygen atoms in total. The van der Waals surface area contributed by atoms with Crippen molar-refractivity contribution in [2.24, 2.45) is 0 Å². The molecule has 0 aliphatic heterocycles. The van der Waals surface area contributed by atoms with Gasteiger partial charge in [-0.05, 0) is 27.3 Å². The maximum absolute atomic E-state index is 3.92. The molecule has 0 N–H and O–H groups in total. The van der Waals surface area contributed by atoms with E-state index < -0.39 is 0 Å². The van der Waals surface area contributed by atoms with Crippen LogP contribution in [0.1, 0.15) is 0 Å². The molecule has 1 rings (SSSR count). The first kappa shape index (κ1) is 6.18. The van der Waals surface area contributed by atoms with E-state index in [4.69, 9.17) is 0 Å². The van der Waals surface area contributed by atoms with Crippen LogP contribution in [-0.2, 0) is 0 Å². The topological polar surface area (TPSA) is 12.9 Å². The number of hydrogen-bond donors (Lipinski definition) is 0. The van der Waals surface area contributed by atoms with Crippen molar-refractivity contribution in [2.75, 3.05) is 0 Å². The molecule has 42 valence electrons. The fraction of sp³-hybridized carbons (Fsp3) is 0. The molecule has 0 aliphatic carbocycles. The quantitative estimate of drug-likeness (QED) is 0.562. The van der Waals surface area contributed by atoms with Gasteiger partial charge in [0.15, 0.2) is 0 Å². The van der Waals surface area contributed by atoms with Crippen LogP contribution in [0.15, 0.2) is 22.9 Å². The molecule has 1 atom stereocenters. The first-order chi connectivity index (χ1) is 3.79. The first-order valence-electron chi connectivity index (χ1n) is 2.15. The monoisotopic (exact) mass is 189 g/mol. The molecule has 0 aromatic carbocycles. The highest BCUT2D eigenvalue weighted by atomic mass is 79.9. The summed E-state index contributed by atoms with van der Waals surface area (Å²) in [5.41, 5.74) is 0. The van der Waals surface area contributed by atoms with E-state index in [1.807, 2.05) is 6.07 Å². The normalized spacial score (nSPS) is 9.25. The van der Waals surface area contributed by atoms with Crippen LogP contribution in [0.5, 0.6) is 0 Å². The molecule has 0 saturated carbocycles. The minimum Gasteiger partial charge on any atom is -0.263 e. The molecule has 0 amide bonds. The van der Waals surface area contributed by atoms with Crippen LogP contribution in [0.3, 0.4) is 0 Å². The van der Waals surface area contributed by atoms with Crippen LogP contribution in [0, 0.1) is 0 Å². The van der Waals surface area contributed by atoms with E-state index in [0.717, 1.165) is 9.78 Å². The number of hydrogen-bond acceptors (Lipinski definition) is 1. The molecular weight excluding hydrogens is 185 g/mol. The molecule has 0 radical (unpaired) electrons. The highest BCUT2D eigenvalue weighted by molar-refractivity contribution is 9.10. The van der Waals surface area contributed by atoms with Crippen molar-refractivity contribution >= 4 is 30.5 Å². The van der Waals surface area contributed by atoms with Gasteiger partial charge in [-0.3, -0.25) is 4.98 Å². The van der Waals surface area contributed by atoms with Gasteiger partial charge in [0.05, 0.1) is 0 Å². The number of pyridine rings is 1. The molecule has 0 aliphatic rings. The Balaban J connectivity index is 3.08. The minimum atomic E-state index is 1.02. The van der Waals surface area contributed by atoms with Gasteiger partial charge in [-0.1, -0.05) is 0 Å². The summed E-state index contributed by atoms with van der Waals surface area (Å²) in [6.07, 6.45) is 3.54. The van der Waals surface area contributed by atoms with E-state index in [-0.39, 0.29) is 0 Å². The van der Waals surface area contributed by atoms with E-state index in [2.05, 4.69) is 30.2 Å². The average Bonchev–Trinajstić information content (AvgIpc) is 1.64. The summed E-state index contributed by atoms with van der Waals surface area (Å²) in [6, 6.07) is 1.98. The number of nitrogens with zero attached hydrogens (tertiary/aromatic N) is 1. The lowest BCUT2D eigenvalue weighted by Crippen LogP contribution is -1.88. The number of rotatable bonds is 0. The Hall–Kier alpha value is 0.0600. The Labute approximate surface area is 58.8 Å². The fourth-order valence-electron chi connectivity index (χ4n) is 0.428. The van der Waals surface area contributed by atoms with Gasteiger partial charge in [-0.15, -0.1) is 9.24 Å². The number of halogens is 1. The van der Waals surface area contributed by atoms with Crippen LogP contribution in [0.4, 0.5) is 0 Å². The molecule has 1 aromatic rings. The highest BCUT2D eigenvalue weighted by Crippen LogP contribution is 2.04. The SMILES string of the molecule is Pc1cncc(Br)c1. The van der Waals surface area contributed by atoms with Gasteiger partial charge in [0, 0.05) is 16.9 Å². The summed E-state index contributed by atoms with van der Waals surface area (Å²) in [7, 11) is 2.57. The third-order valence-corrected chi connectivity index (χ3v) is 1.48. The molecule has 1 heterocycles. The zero-order chi connectivity index (χ0) is 5.98. The van der Waals surface area contributed by atoms with Crippen molar-refractivity contribution in [2.45, 2.75) is 0 Å². The molecule has 0 bridgehead atoms. The molecule has 0 fully saturated rings. The van der Waals surface area contributed by atoms with E-state index >= 15 is 0 Å². The lowest BCUT2D eigenvalue weighted by molar-refractivity contribution is 1.33. The maximum Gasteiger partial charge on any atom is 0.0410 e.